The van der Waals surface area contributed by atoms with Crippen LogP contribution in [0.1, 0.15) is 37.0 Å². The van der Waals surface area contributed by atoms with Crippen molar-refractivity contribution in [3.63, 3.8) is 0 Å². The lowest BCUT2D eigenvalue weighted by atomic mass is 9.98. The van der Waals surface area contributed by atoms with Crippen LogP contribution in [0.2, 0.25) is 0 Å². The summed E-state index contributed by atoms with van der Waals surface area (Å²) in [6, 6.07) is 7.19. The number of carbonyl (C=O) groups excluding carboxylic acids is 3. The zero-order valence-electron chi connectivity index (χ0n) is 17.4. The molecule has 0 radical (unpaired) electrons. The number of piperidine rings is 1. The number of amides is 2. The van der Waals surface area contributed by atoms with E-state index in [1.165, 1.54) is 13.1 Å². The van der Waals surface area contributed by atoms with E-state index in [2.05, 4.69) is 25.9 Å². The van der Waals surface area contributed by atoms with Crippen molar-refractivity contribution < 1.29 is 14.4 Å². The molecule has 1 unspecified atom stereocenters. The maximum atomic E-state index is 12.0. The second-order valence-corrected chi connectivity index (χ2v) is 8.45. The molecule has 1 saturated heterocycles. The molecule has 10 heteroatoms. The van der Waals surface area contributed by atoms with Gasteiger partial charge in [0, 0.05) is 73.6 Å². The highest BCUT2D eigenvalue weighted by Crippen LogP contribution is 2.23. The first kappa shape index (κ1) is 22.9. The van der Waals surface area contributed by atoms with Crippen molar-refractivity contribution in [2.24, 2.45) is 5.92 Å². The summed E-state index contributed by atoms with van der Waals surface area (Å²) in [4.78, 5) is 45.6. The second-order valence-electron chi connectivity index (χ2n) is 7.47. The lowest BCUT2D eigenvalue weighted by Crippen LogP contribution is -2.40. The normalized spacial score (nSPS) is 15.8. The molecule has 1 aromatic heterocycles. The van der Waals surface area contributed by atoms with Crippen molar-refractivity contribution in [2.75, 3.05) is 35.6 Å². The molecule has 1 fully saturated rings. The summed E-state index contributed by atoms with van der Waals surface area (Å²) in [6.07, 6.45) is 3.47. The molecule has 0 bridgehead atoms. The summed E-state index contributed by atoms with van der Waals surface area (Å²) in [6.45, 7) is 5.13. The van der Waals surface area contributed by atoms with E-state index in [0.717, 1.165) is 19.4 Å². The van der Waals surface area contributed by atoms with Gasteiger partial charge in [0.15, 0.2) is 0 Å². The molecular weight excluding hydrogens is 511 g/mol. The predicted molar refractivity (Wildman–Crippen MR) is 128 cm³/mol. The fourth-order valence-corrected chi connectivity index (χ4v) is 3.88. The highest BCUT2D eigenvalue weighted by Gasteiger charge is 2.22. The number of carbonyl (C=O) groups is 3. The Balaban J connectivity index is 1.73. The van der Waals surface area contributed by atoms with Gasteiger partial charge in [-0.25, -0.2) is 4.98 Å². The third-order valence-corrected chi connectivity index (χ3v) is 5.54. The number of likely N-dealkylation sites (tertiary alicyclic amines) is 1. The molecule has 2 heterocycles. The van der Waals surface area contributed by atoms with Gasteiger partial charge in [0.2, 0.25) is 21.6 Å². The highest BCUT2D eigenvalue weighted by molar-refractivity contribution is 14.1. The van der Waals surface area contributed by atoms with E-state index in [1.807, 2.05) is 11.0 Å². The van der Waals surface area contributed by atoms with Crippen molar-refractivity contribution >= 4 is 61.3 Å². The van der Waals surface area contributed by atoms with Crippen LogP contribution in [0, 0.1) is 5.92 Å². The number of hydrogen-bond acceptors (Lipinski definition) is 7. The van der Waals surface area contributed by atoms with Gasteiger partial charge in [-0.15, -0.1) is 0 Å². The Morgan fingerprint density at radius 2 is 2.00 bits per heavy atom. The van der Waals surface area contributed by atoms with Gasteiger partial charge in [-0.2, -0.15) is 4.98 Å². The van der Waals surface area contributed by atoms with Crippen LogP contribution in [-0.2, 0) is 9.59 Å². The molecule has 1 aliphatic heterocycles. The van der Waals surface area contributed by atoms with Crippen molar-refractivity contribution in [1.29, 1.82) is 0 Å². The molecule has 0 aliphatic carbocycles. The van der Waals surface area contributed by atoms with Crippen LogP contribution in [0.25, 0.3) is 0 Å². The molecule has 31 heavy (non-hydrogen) atoms. The first-order valence-electron chi connectivity index (χ1n) is 10.0. The summed E-state index contributed by atoms with van der Waals surface area (Å²) in [5.74, 6) is 1.00. The smallest absolute Gasteiger partial charge is 0.229 e. The Bertz CT molecular complexity index is 983. The van der Waals surface area contributed by atoms with E-state index >= 15 is 0 Å². The lowest BCUT2D eigenvalue weighted by molar-refractivity contribution is -0.130. The summed E-state index contributed by atoms with van der Waals surface area (Å²) in [5.41, 5.74) is 1.76. The average molecular weight is 536 g/mol. The number of nitrogens with zero attached hydrogens (tertiary/aromatic N) is 3. The number of halogens is 1. The molecule has 0 saturated carbocycles. The van der Waals surface area contributed by atoms with Crippen LogP contribution in [0.3, 0.4) is 0 Å². The molecule has 0 spiro atoms. The number of aromatic nitrogens is 2. The van der Waals surface area contributed by atoms with Crippen LogP contribution < -0.4 is 16.0 Å². The van der Waals surface area contributed by atoms with E-state index in [9.17, 15) is 14.4 Å². The zero-order valence-corrected chi connectivity index (χ0v) is 19.6. The fraction of sp³-hybridized carbons (Fsp3) is 0.381. The Labute approximate surface area is 194 Å². The second kappa shape index (κ2) is 10.5. The quantitative estimate of drug-likeness (QED) is 0.367. The van der Waals surface area contributed by atoms with Crippen LogP contribution in [0.5, 0.6) is 0 Å². The maximum Gasteiger partial charge on any atom is 0.229 e. The molecule has 2 aromatic rings. The van der Waals surface area contributed by atoms with Crippen LogP contribution in [-0.4, -0.2) is 50.1 Å². The van der Waals surface area contributed by atoms with Crippen LogP contribution in [0.15, 0.2) is 30.5 Å². The van der Waals surface area contributed by atoms with Gasteiger partial charge in [-0.3, -0.25) is 14.4 Å². The average Bonchev–Trinajstić information content (AvgIpc) is 2.72. The van der Waals surface area contributed by atoms with Crippen molar-refractivity contribution in [1.82, 2.24) is 14.9 Å². The number of hydrogen-bond donors (Lipinski definition) is 3. The third kappa shape index (κ3) is 6.61. The molecule has 1 aromatic carbocycles. The number of nitrogens with one attached hydrogen (secondary N) is 3. The molecule has 164 valence electrons. The molecule has 3 N–H and O–H groups in total. The molecule has 1 atom stereocenters. The van der Waals surface area contributed by atoms with E-state index in [0.29, 0.717) is 41.8 Å². The maximum absolute atomic E-state index is 12.0. The summed E-state index contributed by atoms with van der Waals surface area (Å²) in [5, 5.41) is 9.11. The Morgan fingerprint density at radius 1 is 1.23 bits per heavy atom. The third-order valence-electron chi connectivity index (χ3n) is 4.96. The van der Waals surface area contributed by atoms with E-state index in [4.69, 9.17) is 0 Å². The minimum absolute atomic E-state index is 0.0860. The molecule has 2 amide bonds. The van der Waals surface area contributed by atoms with Crippen LogP contribution in [0.4, 0.5) is 23.1 Å². The molecule has 3 rings (SSSR count). The van der Waals surface area contributed by atoms with Gasteiger partial charge in [0.1, 0.15) is 5.82 Å². The lowest BCUT2D eigenvalue weighted by Gasteiger charge is -2.32. The van der Waals surface area contributed by atoms with E-state index in [1.54, 1.807) is 47.7 Å². The first-order chi connectivity index (χ1) is 14.8. The monoisotopic (exact) mass is 536 g/mol. The summed E-state index contributed by atoms with van der Waals surface area (Å²) >= 11 is 1.72. The van der Waals surface area contributed by atoms with Crippen molar-refractivity contribution in [3.8, 4) is 0 Å². The zero-order chi connectivity index (χ0) is 22.4. The van der Waals surface area contributed by atoms with Gasteiger partial charge < -0.3 is 20.9 Å². The van der Waals surface area contributed by atoms with Gasteiger partial charge >= 0.3 is 0 Å². The Kier molecular flexibility index (Phi) is 7.77. The largest absolute Gasteiger partial charge is 0.369 e. The van der Waals surface area contributed by atoms with Gasteiger partial charge in [-0.05, 0) is 37.0 Å². The predicted octanol–water partition coefficient (Wildman–Crippen LogP) is 3.42. The first-order valence-corrected chi connectivity index (χ1v) is 11.1. The van der Waals surface area contributed by atoms with E-state index in [-0.39, 0.29) is 21.5 Å². The highest BCUT2D eigenvalue weighted by atomic mass is 127. The van der Waals surface area contributed by atoms with E-state index < -0.39 is 0 Å². The van der Waals surface area contributed by atoms with Crippen LogP contribution >= 0.6 is 22.6 Å². The molecule has 9 nitrogen and oxygen atoms in total. The van der Waals surface area contributed by atoms with Gasteiger partial charge in [0.25, 0.3) is 0 Å². The number of benzene rings is 1. The summed E-state index contributed by atoms with van der Waals surface area (Å²) in [7, 11) is 0. The number of rotatable bonds is 7. The molecule has 1 aliphatic rings. The Hall–Kier alpha value is -2.76. The summed E-state index contributed by atoms with van der Waals surface area (Å²) < 4.78 is -0.159. The Morgan fingerprint density at radius 3 is 2.71 bits per heavy atom. The van der Waals surface area contributed by atoms with Gasteiger partial charge in [0.05, 0.1) is 5.56 Å². The minimum Gasteiger partial charge on any atom is -0.369 e. The SMILES string of the molecule is CC(=O)Nc1cccc(Nc2ncc(C(=O)I)c(NCC3CCCN(C(C)=O)C3)n2)c1. The van der Waals surface area contributed by atoms with Gasteiger partial charge in [-0.1, -0.05) is 6.07 Å². The minimum atomic E-state index is -0.159. The molecular formula is C21H25IN6O3. The number of anilines is 4. The fourth-order valence-electron chi connectivity index (χ4n) is 3.49. The van der Waals surface area contributed by atoms with Crippen molar-refractivity contribution in [2.45, 2.75) is 26.7 Å². The topological polar surface area (TPSA) is 116 Å². The van der Waals surface area contributed by atoms with Crippen molar-refractivity contribution in [3.05, 3.63) is 36.0 Å². The standard InChI is InChI=1S/C21H25IN6O3/c1-13(29)25-16-6-3-7-17(9-16)26-21-24-11-18(19(22)31)20(27-21)23-10-15-5-4-8-28(12-15)14(2)30/h3,6-7,9,11,15H,4-5,8,10,12H2,1-2H3,(H,25,29)(H2,23,24,26,27).